The largest absolute Gasteiger partial charge is 0.278 e. The maximum Gasteiger partial charge on any atom is 0.269 e. The van der Waals surface area contributed by atoms with E-state index in [4.69, 9.17) is 0 Å². The Kier molecular flexibility index (Phi) is 4.66. The van der Waals surface area contributed by atoms with Crippen LogP contribution in [0, 0.1) is 17.0 Å². The van der Waals surface area contributed by atoms with Gasteiger partial charge < -0.3 is 0 Å². The van der Waals surface area contributed by atoms with Crippen molar-refractivity contribution in [1.29, 1.82) is 0 Å². The summed E-state index contributed by atoms with van der Waals surface area (Å²) in [5.74, 6) is 0. The monoisotopic (exact) mass is 283 g/mol. The molecule has 0 radical (unpaired) electrons. The fourth-order valence-corrected chi connectivity index (χ4v) is 1.88. The lowest BCUT2D eigenvalue weighted by molar-refractivity contribution is -0.384. The molecule has 2 rings (SSSR count). The lowest BCUT2D eigenvalue weighted by atomic mass is 10.1. The number of anilines is 1. The van der Waals surface area contributed by atoms with Crippen LogP contribution in [-0.4, -0.2) is 10.6 Å². The number of hydrazone groups is 1. The quantitative estimate of drug-likeness (QED) is 0.509. The molecule has 0 aromatic heterocycles. The van der Waals surface area contributed by atoms with Crippen LogP contribution in [0.5, 0.6) is 0 Å². The molecular weight excluding hydrogens is 266 g/mol. The Morgan fingerprint density at radius 3 is 2.29 bits per heavy atom. The SMILES string of the molecule is CC/C(=N\Nc1ccc([N+](=O)[O-])cc1)c1ccc(C)cc1. The third-order valence-electron chi connectivity index (χ3n) is 3.12. The number of hydrogen-bond donors (Lipinski definition) is 1. The van der Waals surface area contributed by atoms with Gasteiger partial charge >= 0.3 is 0 Å². The Balaban J connectivity index is 2.13. The summed E-state index contributed by atoms with van der Waals surface area (Å²) in [6.07, 6.45) is 0.795. The summed E-state index contributed by atoms with van der Waals surface area (Å²) < 4.78 is 0. The number of benzene rings is 2. The number of nitrogens with one attached hydrogen (secondary N) is 1. The van der Waals surface area contributed by atoms with Gasteiger partial charge in [-0.05, 0) is 31.0 Å². The predicted octanol–water partition coefficient (Wildman–Crippen LogP) is 4.13. The van der Waals surface area contributed by atoms with Crippen molar-refractivity contribution in [1.82, 2.24) is 0 Å². The standard InChI is InChI=1S/C16H17N3O2/c1-3-16(13-6-4-12(2)5-7-13)18-17-14-8-10-15(11-9-14)19(20)21/h4-11,17H,3H2,1-2H3/b18-16+. The van der Waals surface area contributed by atoms with Gasteiger partial charge in [0.05, 0.1) is 16.3 Å². The van der Waals surface area contributed by atoms with Crippen molar-refractivity contribution in [2.24, 2.45) is 5.10 Å². The number of aryl methyl sites for hydroxylation is 1. The Morgan fingerprint density at radius 2 is 1.76 bits per heavy atom. The molecule has 108 valence electrons. The van der Waals surface area contributed by atoms with Gasteiger partial charge in [0.25, 0.3) is 5.69 Å². The molecule has 0 atom stereocenters. The minimum absolute atomic E-state index is 0.0683. The number of non-ortho nitro benzene ring substituents is 1. The molecule has 0 aliphatic carbocycles. The first-order valence-corrected chi connectivity index (χ1v) is 6.74. The molecule has 2 aromatic carbocycles. The number of hydrogen-bond acceptors (Lipinski definition) is 4. The van der Waals surface area contributed by atoms with E-state index in [1.54, 1.807) is 12.1 Å². The molecule has 0 saturated carbocycles. The summed E-state index contributed by atoms with van der Waals surface area (Å²) in [6.45, 7) is 4.08. The second-order valence-corrected chi connectivity index (χ2v) is 4.69. The van der Waals surface area contributed by atoms with E-state index >= 15 is 0 Å². The number of nitro groups is 1. The van der Waals surface area contributed by atoms with E-state index in [-0.39, 0.29) is 5.69 Å². The first-order chi connectivity index (χ1) is 10.1. The van der Waals surface area contributed by atoms with E-state index in [9.17, 15) is 10.1 Å². The Hall–Kier alpha value is -2.69. The van der Waals surface area contributed by atoms with Crippen molar-refractivity contribution in [3.05, 3.63) is 69.8 Å². The van der Waals surface area contributed by atoms with E-state index in [0.717, 1.165) is 23.4 Å². The van der Waals surface area contributed by atoms with Gasteiger partial charge in [0.2, 0.25) is 0 Å². The van der Waals surface area contributed by atoms with Gasteiger partial charge in [0.15, 0.2) is 0 Å². The van der Waals surface area contributed by atoms with Gasteiger partial charge in [-0.3, -0.25) is 15.5 Å². The highest BCUT2D eigenvalue weighted by atomic mass is 16.6. The molecular formula is C16H17N3O2. The highest BCUT2D eigenvalue weighted by Crippen LogP contribution is 2.16. The van der Waals surface area contributed by atoms with Crippen LogP contribution in [0.1, 0.15) is 24.5 Å². The third-order valence-corrected chi connectivity index (χ3v) is 3.12. The van der Waals surface area contributed by atoms with E-state index in [1.807, 2.05) is 38.1 Å². The molecule has 0 heterocycles. The van der Waals surface area contributed by atoms with Gasteiger partial charge in [0, 0.05) is 12.1 Å². The van der Waals surface area contributed by atoms with Crippen LogP contribution in [0.2, 0.25) is 0 Å². The average Bonchev–Trinajstić information content (AvgIpc) is 2.50. The van der Waals surface area contributed by atoms with Crippen LogP contribution < -0.4 is 5.43 Å². The number of rotatable bonds is 5. The molecule has 0 amide bonds. The third kappa shape index (κ3) is 3.89. The van der Waals surface area contributed by atoms with Crippen LogP contribution in [0.15, 0.2) is 53.6 Å². The number of nitro benzene ring substituents is 1. The molecule has 0 saturated heterocycles. The topological polar surface area (TPSA) is 67.5 Å². The summed E-state index contributed by atoms with van der Waals surface area (Å²) in [5.41, 5.74) is 6.94. The summed E-state index contributed by atoms with van der Waals surface area (Å²) >= 11 is 0. The van der Waals surface area contributed by atoms with E-state index in [1.165, 1.54) is 17.7 Å². The molecule has 5 nitrogen and oxygen atoms in total. The Morgan fingerprint density at radius 1 is 1.14 bits per heavy atom. The van der Waals surface area contributed by atoms with Crippen LogP contribution in [-0.2, 0) is 0 Å². The summed E-state index contributed by atoms with van der Waals surface area (Å²) in [7, 11) is 0. The highest BCUT2D eigenvalue weighted by Gasteiger charge is 2.04. The van der Waals surface area contributed by atoms with Crippen molar-refractivity contribution in [2.75, 3.05) is 5.43 Å². The second kappa shape index (κ2) is 6.65. The van der Waals surface area contributed by atoms with Crippen molar-refractivity contribution in [2.45, 2.75) is 20.3 Å². The molecule has 2 aromatic rings. The van der Waals surface area contributed by atoms with Gasteiger partial charge in [-0.25, -0.2) is 0 Å². The van der Waals surface area contributed by atoms with Crippen LogP contribution in [0.4, 0.5) is 11.4 Å². The van der Waals surface area contributed by atoms with Crippen molar-refractivity contribution in [3.63, 3.8) is 0 Å². The lowest BCUT2D eigenvalue weighted by Gasteiger charge is -2.06. The molecule has 5 heteroatoms. The summed E-state index contributed by atoms with van der Waals surface area (Å²) in [6, 6.07) is 14.4. The van der Waals surface area contributed by atoms with Crippen LogP contribution >= 0.6 is 0 Å². The summed E-state index contributed by atoms with van der Waals surface area (Å²) in [4.78, 5) is 10.2. The minimum atomic E-state index is -0.420. The minimum Gasteiger partial charge on any atom is -0.278 e. The summed E-state index contributed by atoms with van der Waals surface area (Å²) in [5, 5.41) is 15.0. The molecule has 0 bridgehead atoms. The van der Waals surface area contributed by atoms with E-state index in [0.29, 0.717) is 0 Å². The second-order valence-electron chi connectivity index (χ2n) is 4.69. The fourth-order valence-electron chi connectivity index (χ4n) is 1.88. The highest BCUT2D eigenvalue weighted by molar-refractivity contribution is 6.00. The molecule has 0 aliphatic rings. The molecule has 0 unspecified atom stereocenters. The first kappa shape index (κ1) is 14.7. The van der Waals surface area contributed by atoms with Crippen molar-refractivity contribution < 1.29 is 4.92 Å². The van der Waals surface area contributed by atoms with Crippen molar-refractivity contribution >= 4 is 17.1 Å². The maximum atomic E-state index is 10.6. The van der Waals surface area contributed by atoms with Gasteiger partial charge in [0.1, 0.15) is 0 Å². The predicted molar refractivity (Wildman–Crippen MR) is 84.7 cm³/mol. The average molecular weight is 283 g/mol. The van der Waals surface area contributed by atoms with Gasteiger partial charge in [-0.1, -0.05) is 36.8 Å². The lowest BCUT2D eigenvalue weighted by Crippen LogP contribution is -2.03. The molecule has 0 aliphatic heterocycles. The van der Waals surface area contributed by atoms with Crippen molar-refractivity contribution in [3.8, 4) is 0 Å². The fraction of sp³-hybridized carbons (Fsp3) is 0.188. The van der Waals surface area contributed by atoms with Gasteiger partial charge in [-0.15, -0.1) is 0 Å². The van der Waals surface area contributed by atoms with Crippen LogP contribution in [0.3, 0.4) is 0 Å². The zero-order valence-corrected chi connectivity index (χ0v) is 12.0. The van der Waals surface area contributed by atoms with E-state index < -0.39 is 4.92 Å². The Bertz CT molecular complexity index is 646. The molecule has 0 spiro atoms. The van der Waals surface area contributed by atoms with Crippen LogP contribution in [0.25, 0.3) is 0 Å². The Labute approximate surface area is 123 Å². The molecule has 0 fully saturated rings. The normalized spacial score (nSPS) is 11.2. The number of nitrogens with zero attached hydrogens (tertiary/aromatic N) is 2. The zero-order chi connectivity index (χ0) is 15.2. The smallest absolute Gasteiger partial charge is 0.269 e. The van der Waals surface area contributed by atoms with E-state index in [2.05, 4.69) is 10.5 Å². The first-order valence-electron chi connectivity index (χ1n) is 6.74. The molecule has 1 N–H and O–H groups in total. The maximum absolute atomic E-state index is 10.6. The van der Waals surface area contributed by atoms with Gasteiger partial charge in [-0.2, -0.15) is 5.10 Å². The zero-order valence-electron chi connectivity index (χ0n) is 12.0. The molecule has 21 heavy (non-hydrogen) atoms.